The molecular weight excluding hydrogens is 334 g/mol. The molecule has 0 aliphatic carbocycles. The molecule has 2 amide bonds. The van der Waals surface area contributed by atoms with Crippen molar-refractivity contribution in [3.05, 3.63) is 69.3 Å². The Balaban J connectivity index is 1.58. The van der Waals surface area contributed by atoms with Crippen LogP contribution in [0, 0.1) is 17.0 Å². The van der Waals surface area contributed by atoms with Gasteiger partial charge in [-0.1, -0.05) is 18.2 Å². The Morgan fingerprint density at radius 1 is 1.23 bits per heavy atom. The largest absolute Gasteiger partial charge is 0.352 e. The second-order valence-corrected chi connectivity index (χ2v) is 6.19. The lowest BCUT2D eigenvalue weighted by atomic mass is 10.1. The van der Waals surface area contributed by atoms with E-state index in [1.54, 1.807) is 23.1 Å². The van der Waals surface area contributed by atoms with E-state index in [9.17, 15) is 19.7 Å². The zero-order valence-corrected chi connectivity index (χ0v) is 14.4. The first-order chi connectivity index (χ1) is 12.5. The predicted octanol–water partition coefficient (Wildman–Crippen LogP) is 2.61. The number of rotatable bonds is 5. The molecule has 26 heavy (non-hydrogen) atoms. The summed E-state index contributed by atoms with van der Waals surface area (Å²) in [4.78, 5) is 36.7. The van der Waals surface area contributed by atoms with Gasteiger partial charge in [-0.2, -0.15) is 0 Å². The van der Waals surface area contributed by atoms with Crippen molar-refractivity contribution in [3.8, 4) is 0 Å². The van der Waals surface area contributed by atoms with Gasteiger partial charge < -0.3 is 10.2 Å². The van der Waals surface area contributed by atoms with E-state index < -0.39 is 4.92 Å². The van der Waals surface area contributed by atoms with Crippen LogP contribution in [0.2, 0.25) is 0 Å². The molecule has 1 N–H and O–H groups in total. The summed E-state index contributed by atoms with van der Waals surface area (Å²) >= 11 is 0. The minimum Gasteiger partial charge on any atom is -0.352 e. The van der Waals surface area contributed by atoms with E-state index in [1.165, 1.54) is 12.1 Å². The Morgan fingerprint density at radius 2 is 2.00 bits per heavy atom. The normalized spacial score (nSPS) is 12.6. The lowest BCUT2D eigenvalue weighted by Gasteiger charge is -2.17. The standard InChI is InChI=1S/C19H19N3O4/c1-13-4-2-3-5-16(13)19(24)20-10-8-18(23)21-11-9-14-12-15(22(25)26)6-7-17(14)21/h2-7,12H,8-11H2,1H3,(H,20,24). The van der Waals surface area contributed by atoms with Gasteiger partial charge in [-0.25, -0.2) is 0 Å². The average molecular weight is 353 g/mol. The lowest BCUT2D eigenvalue weighted by molar-refractivity contribution is -0.384. The molecule has 7 heteroatoms. The van der Waals surface area contributed by atoms with Gasteiger partial charge in [0, 0.05) is 42.9 Å². The highest BCUT2D eigenvalue weighted by molar-refractivity contribution is 5.97. The highest BCUT2D eigenvalue weighted by atomic mass is 16.6. The number of nitro groups is 1. The lowest BCUT2D eigenvalue weighted by Crippen LogP contribution is -2.33. The molecule has 0 fully saturated rings. The van der Waals surface area contributed by atoms with Gasteiger partial charge in [-0.3, -0.25) is 19.7 Å². The van der Waals surface area contributed by atoms with E-state index in [-0.39, 0.29) is 30.5 Å². The minimum absolute atomic E-state index is 0.0311. The highest BCUT2D eigenvalue weighted by Crippen LogP contribution is 2.31. The number of hydrogen-bond donors (Lipinski definition) is 1. The van der Waals surface area contributed by atoms with E-state index in [2.05, 4.69) is 5.32 Å². The number of nitrogens with zero attached hydrogens (tertiary/aromatic N) is 2. The molecule has 0 saturated heterocycles. The molecule has 0 saturated carbocycles. The van der Waals surface area contributed by atoms with Crippen molar-refractivity contribution in [2.45, 2.75) is 19.8 Å². The van der Waals surface area contributed by atoms with Crippen LogP contribution in [0.4, 0.5) is 11.4 Å². The SMILES string of the molecule is Cc1ccccc1C(=O)NCCC(=O)N1CCc2cc([N+](=O)[O-])ccc21. The second kappa shape index (κ2) is 7.35. The summed E-state index contributed by atoms with van der Waals surface area (Å²) in [5.74, 6) is -0.309. The number of carbonyl (C=O) groups excluding carboxylic acids is 2. The molecule has 0 spiro atoms. The van der Waals surface area contributed by atoms with Crippen molar-refractivity contribution >= 4 is 23.2 Å². The van der Waals surface area contributed by atoms with Crippen LogP contribution in [-0.4, -0.2) is 29.8 Å². The molecule has 134 valence electrons. The number of anilines is 1. The third-order valence-corrected chi connectivity index (χ3v) is 4.48. The second-order valence-electron chi connectivity index (χ2n) is 6.19. The first-order valence-corrected chi connectivity index (χ1v) is 8.39. The highest BCUT2D eigenvalue weighted by Gasteiger charge is 2.26. The van der Waals surface area contributed by atoms with E-state index in [0.717, 1.165) is 11.1 Å². The molecule has 7 nitrogen and oxygen atoms in total. The number of benzene rings is 2. The third-order valence-electron chi connectivity index (χ3n) is 4.48. The van der Waals surface area contributed by atoms with Crippen LogP contribution in [0.3, 0.4) is 0 Å². The molecule has 0 unspecified atom stereocenters. The predicted molar refractivity (Wildman–Crippen MR) is 97.3 cm³/mol. The van der Waals surface area contributed by atoms with Gasteiger partial charge in [0.2, 0.25) is 5.91 Å². The Kier molecular flexibility index (Phi) is 4.97. The van der Waals surface area contributed by atoms with Gasteiger partial charge in [0.15, 0.2) is 0 Å². The van der Waals surface area contributed by atoms with Gasteiger partial charge in [-0.15, -0.1) is 0 Å². The molecule has 2 aromatic rings. The first-order valence-electron chi connectivity index (χ1n) is 8.39. The van der Waals surface area contributed by atoms with E-state index in [1.807, 2.05) is 19.1 Å². The maximum absolute atomic E-state index is 12.5. The number of hydrogen-bond acceptors (Lipinski definition) is 4. The fourth-order valence-corrected chi connectivity index (χ4v) is 3.10. The van der Waals surface area contributed by atoms with Crippen molar-refractivity contribution in [1.82, 2.24) is 5.32 Å². The fourth-order valence-electron chi connectivity index (χ4n) is 3.10. The van der Waals surface area contributed by atoms with Gasteiger partial charge in [0.1, 0.15) is 0 Å². The molecule has 2 aromatic carbocycles. The zero-order chi connectivity index (χ0) is 18.7. The summed E-state index contributed by atoms with van der Waals surface area (Å²) in [6, 6.07) is 11.8. The van der Waals surface area contributed by atoms with Gasteiger partial charge in [0.05, 0.1) is 4.92 Å². The number of carbonyl (C=O) groups is 2. The van der Waals surface area contributed by atoms with E-state index >= 15 is 0 Å². The maximum atomic E-state index is 12.5. The third kappa shape index (κ3) is 3.56. The van der Waals surface area contributed by atoms with Gasteiger partial charge in [0.25, 0.3) is 11.6 Å². The smallest absolute Gasteiger partial charge is 0.269 e. The summed E-state index contributed by atoms with van der Waals surface area (Å²) in [6.45, 7) is 2.60. The molecule has 0 atom stereocenters. The van der Waals surface area contributed by atoms with Gasteiger partial charge >= 0.3 is 0 Å². The number of non-ortho nitro benzene ring substituents is 1. The van der Waals surface area contributed by atoms with Crippen LogP contribution >= 0.6 is 0 Å². The van der Waals surface area contributed by atoms with Crippen LogP contribution in [0.25, 0.3) is 0 Å². The Labute approximate surface area is 150 Å². The monoisotopic (exact) mass is 353 g/mol. The first kappa shape index (κ1) is 17.6. The number of nitro benzene ring substituents is 1. The summed E-state index contributed by atoms with van der Waals surface area (Å²) in [5, 5.41) is 13.6. The average Bonchev–Trinajstić information content (AvgIpc) is 3.05. The Bertz CT molecular complexity index is 879. The zero-order valence-electron chi connectivity index (χ0n) is 14.4. The maximum Gasteiger partial charge on any atom is 0.269 e. The molecule has 0 bridgehead atoms. The van der Waals surface area contributed by atoms with Crippen molar-refractivity contribution in [2.75, 3.05) is 18.0 Å². The number of aryl methyl sites for hydroxylation is 1. The quantitative estimate of drug-likeness (QED) is 0.660. The van der Waals surface area contributed by atoms with Crippen LogP contribution in [0.5, 0.6) is 0 Å². The van der Waals surface area contributed by atoms with E-state index in [0.29, 0.717) is 24.2 Å². The molecule has 0 radical (unpaired) electrons. The molecule has 1 aliphatic heterocycles. The summed E-state index contributed by atoms with van der Waals surface area (Å²) < 4.78 is 0. The van der Waals surface area contributed by atoms with Crippen LogP contribution in [0.15, 0.2) is 42.5 Å². The molecule has 1 aliphatic rings. The summed E-state index contributed by atoms with van der Waals surface area (Å²) in [7, 11) is 0. The van der Waals surface area contributed by atoms with Crippen LogP contribution < -0.4 is 10.2 Å². The molecule has 0 aromatic heterocycles. The summed E-state index contributed by atoms with van der Waals surface area (Å²) in [5.41, 5.74) is 3.02. The Morgan fingerprint density at radius 3 is 2.73 bits per heavy atom. The fraction of sp³-hybridized carbons (Fsp3) is 0.263. The minimum atomic E-state index is -0.439. The molecule has 3 rings (SSSR count). The van der Waals surface area contributed by atoms with Crippen molar-refractivity contribution in [2.24, 2.45) is 0 Å². The van der Waals surface area contributed by atoms with Gasteiger partial charge in [-0.05, 0) is 36.6 Å². The molecular formula is C19H19N3O4. The Hall–Kier alpha value is -3.22. The van der Waals surface area contributed by atoms with Crippen LogP contribution in [-0.2, 0) is 11.2 Å². The number of fused-ring (bicyclic) bond motifs is 1. The van der Waals surface area contributed by atoms with Crippen molar-refractivity contribution < 1.29 is 14.5 Å². The number of amides is 2. The van der Waals surface area contributed by atoms with Crippen LogP contribution in [0.1, 0.15) is 27.9 Å². The number of nitrogens with one attached hydrogen (secondary N) is 1. The van der Waals surface area contributed by atoms with Crippen molar-refractivity contribution in [1.29, 1.82) is 0 Å². The topological polar surface area (TPSA) is 92.6 Å². The molecule has 1 heterocycles. The van der Waals surface area contributed by atoms with Crippen molar-refractivity contribution in [3.63, 3.8) is 0 Å². The summed E-state index contributed by atoms with van der Waals surface area (Å²) in [6.07, 6.45) is 0.770. The van der Waals surface area contributed by atoms with E-state index in [4.69, 9.17) is 0 Å².